The summed E-state index contributed by atoms with van der Waals surface area (Å²) in [5.74, 6) is 0. The monoisotopic (exact) mass is 191 g/mol. The van der Waals surface area contributed by atoms with Gasteiger partial charge in [0.05, 0.1) is 0 Å². The second-order valence-corrected chi connectivity index (χ2v) is 3.95. The van der Waals surface area contributed by atoms with Crippen molar-refractivity contribution in [2.24, 2.45) is 0 Å². The molecule has 0 bridgehead atoms. The number of aryl methyl sites for hydroxylation is 2. The third-order valence-corrected chi connectivity index (χ3v) is 2.90. The maximum absolute atomic E-state index is 4.52. The molecule has 0 fully saturated rings. The van der Waals surface area contributed by atoms with Gasteiger partial charge < -0.3 is 0 Å². The fraction of sp³-hybridized carbons (Fsp3) is 0.615. The van der Waals surface area contributed by atoms with E-state index in [0.717, 1.165) is 12.8 Å². The number of rotatable bonds is 4. The van der Waals surface area contributed by atoms with E-state index in [1.54, 1.807) is 0 Å². The Hall–Kier alpha value is -0.850. The molecule has 0 aliphatic carbocycles. The molecule has 1 nitrogen and oxygen atoms in total. The van der Waals surface area contributed by atoms with E-state index in [2.05, 4.69) is 32.7 Å². The van der Waals surface area contributed by atoms with Crippen LogP contribution in [0, 0.1) is 13.8 Å². The van der Waals surface area contributed by atoms with Crippen LogP contribution in [-0.4, -0.2) is 4.98 Å². The Morgan fingerprint density at radius 2 is 1.93 bits per heavy atom. The number of aromatic nitrogens is 1. The highest BCUT2D eigenvalue weighted by molar-refractivity contribution is 5.34. The molecule has 1 heteroatoms. The lowest BCUT2D eigenvalue weighted by atomic mass is 9.99. The molecule has 0 saturated heterocycles. The molecule has 14 heavy (non-hydrogen) atoms. The Morgan fingerprint density at radius 1 is 1.21 bits per heavy atom. The molecule has 1 aromatic heterocycles. The first-order valence-electron chi connectivity index (χ1n) is 5.64. The Balaban J connectivity index is 2.96. The summed E-state index contributed by atoms with van der Waals surface area (Å²) in [6, 6.07) is 0. The summed E-state index contributed by atoms with van der Waals surface area (Å²) in [4.78, 5) is 4.52. The molecular weight excluding hydrogens is 170 g/mol. The molecule has 1 aromatic rings. The summed E-state index contributed by atoms with van der Waals surface area (Å²) in [5, 5.41) is 0. The fourth-order valence-electron chi connectivity index (χ4n) is 1.96. The molecule has 0 saturated carbocycles. The molecule has 0 N–H and O–H groups in total. The lowest BCUT2D eigenvalue weighted by molar-refractivity contribution is 0.767. The van der Waals surface area contributed by atoms with E-state index in [1.165, 1.54) is 35.2 Å². The fourth-order valence-corrected chi connectivity index (χ4v) is 1.96. The van der Waals surface area contributed by atoms with E-state index >= 15 is 0 Å². The van der Waals surface area contributed by atoms with E-state index in [9.17, 15) is 0 Å². The molecule has 0 aliphatic rings. The van der Waals surface area contributed by atoms with Crippen molar-refractivity contribution in [3.63, 3.8) is 0 Å². The largest absolute Gasteiger partial charge is 0.261 e. The van der Waals surface area contributed by atoms with Crippen molar-refractivity contribution >= 4 is 0 Å². The van der Waals surface area contributed by atoms with E-state index in [4.69, 9.17) is 0 Å². The highest BCUT2D eigenvalue weighted by Crippen LogP contribution is 2.17. The van der Waals surface area contributed by atoms with Crippen LogP contribution in [0.1, 0.15) is 49.1 Å². The van der Waals surface area contributed by atoms with Gasteiger partial charge in [0.2, 0.25) is 0 Å². The van der Waals surface area contributed by atoms with Gasteiger partial charge in [-0.2, -0.15) is 0 Å². The van der Waals surface area contributed by atoms with Gasteiger partial charge in [-0.15, -0.1) is 0 Å². The molecule has 0 spiro atoms. The Labute approximate surface area is 87.6 Å². The number of hydrogen-bond donors (Lipinski definition) is 0. The summed E-state index contributed by atoms with van der Waals surface area (Å²) >= 11 is 0. The lowest BCUT2D eigenvalue weighted by Crippen LogP contribution is -2.01. The van der Waals surface area contributed by atoms with Gasteiger partial charge >= 0.3 is 0 Å². The van der Waals surface area contributed by atoms with Crippen LogP contribution in [0.5, 0.6) is 0 Å². The molecule has 0 atom stereocenters. The van der Waals surface area contributed by atoms with Crippen LogP contribution in [0.4, 0.5) is 0 Å². The van der Waals surface area contributed by atoms with Gasteiger partial charge in [0.25, 0.3) is 0 Å². The average molecular weight is 191 g/mol. The molecule has 1 rings (SSSR count). The zero-order valence-electron chi connectivity index (χ0n) is 9.85. The van der Waals surface area contributed by atoms with Crippen molar-refractivity contribution in [2.45, 2.75) is 53.4 Å². The van der Waals surface area contributed by atoms with Gasteiger partial charge in [-0.3, -0.25) is 4.98 Å². The number of pyridine rings is 1. The average Bonchev–Trinajstić information content (AvgIpc) is 2.18. The minimum absolute atomic E-state index is 1.12. The highest BCUT2D eigenvalue weighted by Gasteiger charge is 2.06. The quantitative estimate of drug-likeness (QED) is 0.708. The Kier molecular flexibility index (Phi) is 4.12. The van der Waals surface area contributed by atoms with Crippen LogP contribution in [0.3, 0.4) is 0 Å². The molecule has 0 aliphatic heterocycles. The number of hydrogen-bond acceptors (Lipinski definition) is 1. The van der Waals surface area contributed by atoms with Crippen LogP contribution in [-0.2, 0) is 12.8 Å². The van der Waals surface area contributed by atoms with E-state index in [0.29, 0.717) is 0 Å². The summed E-state index contributed by atoms with van der Waals surface area (Å²) in [5.41, 5.74) is 5.55. The molecule has 0 unspecified atom stereocenters. The second-order valence-electron chi connectivity index (χ2n) is 3.95. The predicted octanol–water partition coefficient (Wildman–Crippen LogP) is 3.60. The molecule has 0 amide bonds. The third kappa shape index (κ3) is 2.34. The van der Waals surface area contributed by atoms with Crippen molar-refractivity contribution in [3.8, 4) is 0 Å². The first-order valence-corrected chi connectivity index (χ1v) is 5.64. The van der Waals surface area contributed by atoms with E-state index < -0.39 is 0 Å². The summed E-state index contributed by atoms with van der Waals surface area (Å²) < 4.78 is 0. The Bertz CT molecular complexity index is 302. The van der Waals surface area contributed by atoms with Crippen LogP contribution >= 0.6 is 0 Å². The maximum Gasteiger partial charge on any atom is 0.0435 e. The molecule has 78 valence electrons. The standard InChI is InChI=1S/C13H21N/c1-5-7-8-13-11(4)12(6-2)10(3)9-14-13/h9H,5-8H2,1-4H3. The van der Waals surface area contributed by atoms with Gasteiger partial charge in [0.1, 0.15) is 0 Å². The summed E-state index contributed by atoms with van der Waals surface area (Å²) in [7, 11) is 0. The van der Waals surface area contributed by atoms with Crippen LogP contribution in [0.2, 0.25) is 0 Å². The second kappa shape index (κ2) is 5.14. The van der Waals surface area contributed by atoms with Gasteiger partial charge in [0, 0.05) is 11.9 Å². The number of nitrogens with zero attached hydrogens (tertiary/aromatic N) is 1. The smallest absolute Gasteiger partial charge is 0.0435 e. The van der Waals surface area contributed by atoms with Crippen LogP contribution < -0.4 is 0 Å². The van der Waals surface area contributed by atoms with E-state index in [1.807, 2.05) is 6.20 Å². The van der Waals surface area contributed by atoms with Crippen molar-refractivity contribution in [3.05, 3.63) is 28.6 Å². The van der Waals surface area contributed by atoms with Gasteiger partial charge in [0.15, 0.2) is 0 Å². The molecule has 0 aromatic carbocycles. The van der Waals surface area contributed by atoms with Crippen LogP contribution in [0.25, 0.3) is 0 Å². The minimum atomic E-state index is 1.12. The third-order valence-electron chi connectivity index (χ3n) is 2.90. The highest BCUT2D eigenvalue weighted by atomic mass is 14.7. The zero-order valence-corrected chi connectivity index (χ0v) is 9.85. The molecule has 1 heterocycles. The van der Waals surface area contributed by atoms with Crippen LogP contribution in [0.15, 0.2) is 6.20 Å². The maximum atomic E-state index is 4.52. The number of unbranched alkanes of at least 4 members (excludes halogenated alkanes) is 1. The molecule has 0 radical (unpaired) electrons. The first-order chi connectivity index (χ1) is 6.70. The van der Waals surface area contributed by atoms with E-state index in [-0.39, 0.29) is 0 Å². The first kappa shape index (κ1) is 11.2. The van der Waals surface area contributed by atoms with Crippen molar-refractivity contribution in [1.82, 2.24) is 4.98 Å². The summed E-state index contributed by atoms with van der Waals surface area (Å²) in [6.07, 6.45) is 6.78. The molecular formula is C13H21N. The normalized spacial score (nSPS) is 10.6. The van der Waals surface area contributed by atoms with Gasteiger partial charge in [-0.05, 0) is 49.8 Å². The Morgan fingerprint density at radius 3 is 2.50 bits per heavy atom. The predicted molar refractivity (Wildman–Crippen MR) is 61.7 cm³/mol. The minimum Gasteiger partial charge on any atom is -0.261 e. The summed E-state index contributed by atoms with van der Waals surface area (Å²) in [6.45, 7) is 8.81. The van der Waals surface area contributed by atoms with Crippen molar-refractivity contribution in [2.75, 3.05) is 0 Å². The topological polar surface area (TPSA) is 12.9 Å². The van der Waals surface area contributed by atoms with Gasteiger partial charge in [-0.25, -0.2) is 0 Å². The SMILES string of the molecule is CCCCc1ncc(C)c(CC)c1C. The van der Waals surface area contributed by atoms with Crippen molar-refractivity contribution < 1.29 is 0 Å². The van der Waals surface area contributed by atoms with Crippen molar-refractivity contribution in [1.29, 1.82) is 0 Å². The zero-order chi connectivity index (χ0) is 10.6. The lowest BCUT2D eigenvalue weighted by Gasteiger charge is -2.11. The van der Waals surface area contributed by atoms with Gasteiger partial charge in [-0.1, -0.05) is 20.3 Å².